The van der Waals surface area contributed by atoms with E-state index in [1.54, 1.807) is 0 Å². The first-order chi connectivity index (χ1) is 12.7. The standard InChI is InChI=1S/C21H22FN3O/c22-18-7-5-16(6-8-18)15-24-9-11-25(12-10-24)21(26)13-17-14-23-20-4-2-1-3-19(17)20/h1-8,14,23H,9-13,15H2. The highest BCUT2D eigenvalue weighted by Gasteiger charge is 2.22. The van der Waals surface area contributed by atoms with Crippen LogP contribution < -0.4 is 0 Å². The maximum Gasteiger partial charge on any atom is 0.227 e. The summed E-state index contributed by atoms with van der Waals surface area (Å²) in [5.74, 6) is -0.0300. The fourth-order valence-corrected chi connectivity index (χ4v) is 3.56. The number of aromatic amines is 1. The summed E-state index contributed by atoms with van der Waals surface area (Å²) >= 11 is 0. The quantitative estimate of drug-likeness (QED) is 0.784. The van der Waals surface area contributed by atoms with Crippen LogP contribution in [0.4, 0.5) is 4.39 Å². The summed E-state index contributed by atoms with van der Waals surface area (Å²) in [5.41, 5.74) is 3.23. The SMILES string of the molecule is O=C(Cc1c[nH]c2ccccc12)N1CCN(Cc2ccc(F)cc2)CC1. The zero-order chi connectivity index (χ0) is 17.9. The zero-order valence-corrected chi connectivity index (χ0v) is 14.6. The van der Waals surface area contributed by atoms with Crippen LogP contribution in [0, 0.1) is 5.82 Å². The molecule has 4 rings (SSSR count). The Bertz CT molecular complexity index is 895. The average molecular weight is 351 g/mol. The van der Waals surface area contributed by atoms with Gasteiger partial charge in [0.25, 0.3) is 0 Å². The Morgan fingerprint density at radius 3 is 2.50 bits per heavy atom. The second kappa shape index (κ2) is 7.30. The molecule has 2 heterocycles. The monoisotopic (exact) mass is 351 g/mol. The summed E-state index contributed by atoms with van der Waals surface area (Å²) in [6, 6.07) is 14.7. The minimum absolute atomic E-state index is 0.177. The van der Waals surface area contributed by atoms with Crippen molar-refractivity contribution < 1.29 is 9.18 Å². The molecule has 0 aliphatic carbocycles. The molecule has 5 heteroatoms. The van der Waals surface area contributed by atoms with E-state index in [9.17, 15) is 9.18 Å². The van der Waals surface area contributed by atoms with E-state index in [0.29, 0.717) is 6.42 Å². The summed E-state index contributed by atoms with van der Waals surface area (Å²) in [5, 5.41) is 1.12. The summed E-state index contributed by atoms with van der Waals surface area (Å²) in [6.45, 7) is 3.96. The number of para-hydroxylation sites is 1. The molecule has 134 valence electrons. The number of H-pyrrole nitrogens is 1. The Labute approximate surface area is 152 Å². The van der Waals surface area contributed by atoms with Crippen LogP contribution in [0.3, 0.4) is 0 Å². The highest BCUT2D eigenvalue weighted by molar-refractivity contribution is 5.88. The summed E-state index contributed by atoms with van der Waals surface area (Å²) in [6.07, 6.45) is 2.37. The molecular formula is C21H22FN3O. The second-order valence-corrected chi connectivity index (χ2v) is 6.82. The molecule has 3 aromatic rings. The molecule has 1 aliphatic rings. The van der Waals surface area contributed by atoms with Crippen LogP contribution >= 0.6 is 0 Å². The smallest absolute Gasteiger partial charge is 0.227 e. The third kappa shape index (κ3) is 3.63. The van der Waals surface area contributed by atoms with Crippen LogP contribution in [0.2, 0.25) is 0 Å². The van der Waals surface area contributed by atoms with Crippen molar-refractivity contribution >= 4 is 16.8 Å². The summed E-state index contributed by atoms with van der Waals surface area (Å²) in [7, 11) is 0. The van der Waals surface area contributed by atoms with Crippen molar-refractivity contribution in [3.8, 4) is 0 Å². The number of nitrogens with zero attached hydrogens (tertiary/aromatic N) is 2. The lowest BCUT2D eigenvalue weighted by Gasteiger charge is -2.34. The predicted octanol–water partition coefficient (Wildman–Crippen LogP) is 3.19. The van der Waals surface area contributed by atoms with E-state index in [0.717, 1.165) is 54.8 Å². The van der Waals surface area contributed by atoms with Crippen LogP contribution in [-0.2, 0) is 17.8 Å². The third-order valence-corrected chi connectivity index (χ3v) is 5.06. The second-order valence-electron chi connectivity index (χ2n) is 6.82. The average Bonchev–Trinajstić information content (AvgIpc) is 3.07. The van der Waals surface area contributed by atoms with Crippen molar-refractivity contribution in [2.24, 2.45) is 0 Å². The molecule has 0 spiro atoms. The predicted molar refractivity (Wildman–Crippen MR) is 100 cm³/mol. The lowest BCUT2D eigenvalue weighted by molar-refractivity contribution is -0.132. The number of hydrogen-bond donors (Lipinski definition) is 1. The van der Waals surface area contributed by atoms with Gasteiger partial charge in [-0.1, -0.05) is 30.3 Å². The van der Waals surface area contributed by atoms with E-state index in [-0.39, 0.29) is 11.7 Å². The van der Waals surface area contributed by atoms with E-state index in [1.165, 1.54) is 12.1 Å². The molecule has 0 bridgehead atoms. The van der Waals surface area contributed by atoms with Crippen molar-refractivity contribution in [1.82, 2.24) is 14.8 Å². The maximum atomic E-state index is 13.0. The van der Waals surface area contributed by atoms with Gasteiger partial charge < -0.3 is 9.88 Å². The number of fused-ring (bicyclic) bond motifs is 1. The lowest BCUT2D eigenvalue weighted by atomic mass is 10.1. The molecule has 1 fully saturated rings. The van der Waals surface area contributed by atoms with Gasteiger partial charge in [0.1, 0.15) is 5.82 Å². The van der Waals surface area contributed by atoms with Crippen LogP contribution in [0.5, 0.6) is 0 Å². The Balaban J connectivity index is 1.32. The minimum atomic E-state index is -0.207. The van der Waals surface area contributed by atoms with Crippen LogP contribution in [-0.4, -0.2) is 46.9 Å². The number of rotatable bonds is 4. The molecule has 1 saturated heterocycles. The summed E-state index contributed by atoms with van der Waals surface area (Å²) < 4.78 is 13.0. The van der Waals surface area contributed by atoms with E-state index in [1.807, 2.05) is 41.4 Å². The number of benzene rings is 2. The van der Waals surface area contributed by atoms with Gasteiger partial charge in [-0.25, -0.2) is 4.39 Å². The van der Waals surface area contributed by atoms with E-state index in [4.69, 9.17) is 0 Å². The van der Waals surface area contributed by atoms with Gasteiger partial charge in [-0.2, -0.15) is 0 Å². The van der Waals surface area contributed by atoms with Gasteiger partial charge in [-0.05, 0) is 29.3 Å². The van der Waals surface area contributed by atoms with Gasteiger partial charge in [0.05, 0.1) is 6.42 Å². The number of carbonyl (C=O) groups excluding carboxylic acids is 1. The van der Waals surface area contributed by atoms with Crippen LogP contribution in [0.15, 0.2) is 54.7 Å². The number of carbonyl (C=O) groups is 1. The first kappa shape index (κ1) is 16.8. The Morgan fingerprint density at radius 1 is 1.00 bits per heavy atom. The number of hydrogen-bond acceptors (Lipinski definition) is 2. The Kier molecular flexibility index (Phi) is 4.71. The number of nitrogens with one attached hydrogen (secondary N) is 1. The van der Waals surface area contributed by atoms with Crippen molar-refractivity contribution in [2.75, 3.05) is 26.2 Å². The van der Waals surface area contributed by atoms with Gasteiger partial charge in [0, 0.05) is 49.8 Å². The van der Waals surface area contributed by atoms with E-state index < -0.39 is 0 Å². The van der Waals surface area contributed by atoms with Crippen molar-refractivity contribution in [3.63, 3.8) is 0 Å². The number of aromatic nitrogens is 1. The zero-order valence-electron chi connectivity index (χ0n) is 14.6. The van der Waals surface area contributed by atoms with Crippen molar-refractivity contribution in [2.45, 2.75) is 13.0 Å². The first-order valence-electron chi connectivity index (χ1n) is 8.98. The highest BCUT2D eigenvalue weighted by Crippen LogP contribution is 2.19. The van der Waals surface area contributed by atoms with Gasteiger partial charge in [0.2, 0.25) is 5.91 Å². The number of halogens is 1. The van der Waals surface area contributed by atoms with Crippen LogP contribution in [0.1, 0.15) is 11.1 Å². The first-order valence-corrected chi connectivity index (χ1v) is 8.98. The normalized spacial score (nSPS) is 15.5. The van der Waals surface area contributed by atoms with Crippen molar-refractivity contribution in [3.05, 3.63) is 71.7 Å². The molecule has 1 N–H and O–H groups in total. The molecule has 1 aromatic heterocycles. The molecule has 1 amide bonds. The van der Waals surface area contributed by atoms with Gasteiger partial charge in [0.15, 0.2) is 0 Å². The molecule has 2 aromatic carbocycles. The minimum Gasteiger partial charge on any atom is -0.361 e. The summed E-state index contributed by atoms with van der Waals surface area (Å²) in [4.78, 5) is 20.1. The van der Waals surface area contributed by atoms with Crippen LogP contribution in [0.25, 0.3) is 10.9 Å². The largest absolute Gasteiger partial charge is 0.361 e. The molecule has 26 heavy (non-hydrogen) atoms. The number of amides is 1. The molecule has 0 saturated carbocycles. The fraction of sp³-hybridized carbons (Fsp3) is 0.286. The topological polar surface area (TPSA) is 39.3 Å². The van der Waals surface area contributed by atoms with Crippen molar-refractivity contribution in [1.29, 1.82) is 0 Å². The van der Waals surface area contributed by atoms with Gasteiger partial charge >= 0.3 is 0 Å². The number of piperazine rings is 1. The molecule has 1 aliphatic heterocycles. The Hall–Kier alpha value is -2.66. The molecule has 0 radical (unpaired) electrons. The lowest BCUT2D eigenvalue weighted by Crippen LogP contribution is -2.48. The third-order valence-electron chi connectivity index (χ3n) is 5.06. The van der Waals surface area contributed by atoms with E-state index in [2.05, 4.69) is 16.0 Å². The molecular weight excluding hydrogens is 329 g/mol. The van der Waals surface area contributed by atoms with Gasteiger partial charge in [-0.15, -0.1) is 0 Å². The maximum absolute atomic E-state index is 13.0. The molecule has 0 unspecified atom stereocenters. The fourth-order valence-electron chi connectivity index (χ4n) is 3.56. The highest BCUT2D eigenvalue weighted by atomic mass is 19.1. The van der Waals surface area contributed by atoms with E-state index >= 15 is 0 Å². The van der Waals surface area contributed by atoms with Gasteiger partial charge in [-0.3, -0.25) is 9.69 Å². The molecule has 0 atom stereocenters. The Morgan fingerprint density at radius 2 is 1.73 bits per heavy atom. The molecule has 4 nitrogen and oxygen atoms in total.